The Bertz CT molecular complexity index is 231. The van der Waals surface area contributed by atoms with Crippen molar-refractivity contribution in [2.24, 2.45) is 0 Å². The third kappa shape index (κ3) is 4.18. The topological polar surface area (TPSA) is 0 Å². The second-order valence-corrected chi connectivity index (χ2v) is 11.1. The molecule has 0 aromatic rings. The summed E-state index contributed by atoms with van der Waals surface area (Å²) in [7, 11) is 0. The molecular weight excluding hydrogens is 360 g/mol. The van der Waals surface area contributed by atoms with Gasteiger partial charge in [-0.1, -0.05) is 69.6 Å². The molecule has 76 valence electrons. The first-order valence-corrected chi connectivity index (χ1v) is 8.80. The molecule has 0 nitrogen and oxygen atoms in total. The van der Waals surface area contributed by atoms with Gasteiger partial charge in [-0.3, -0.25) is 0 Å². The van der Waals surface area contributed by atoms with E-state index in [-0.39, 0.29) is 18.3 Å². The van der Waals surface area contributed by atoms with E-state index in [2.05, 4.69) is 0 Å². The molecule has 0 N–H and O–H groups in total. The molecule has 0 aliphatic heterocycles. The Morgan fingerprint density at radius 3 is 1.00 bits per heavy atom. The third-order valence-corrected chi connectivity index (χ3v) is 9.77. The number of rotatable bonds is 2. The number of hydrogen-bond acceptors (Lipinski definition) is 0. The van der Waals surface area contributed by atoms with Gasteiger partial charge in [-0.15, -0.1) is 22.2 Å². The van der Waals surface area contributed by atoms with Crippen LogP contribution in [-0.4, -0.2) is 6.69 Å². The van der Waals surface area contributed by atoms with Crippen molar-refractivity contribution < 1.29 is 0 Å². The minimum Gasteiger partial charge on any atom is -0.132 e. The van der Waals surface area contributed by atoms with E-state index < -0.39 is 6.69 Å². The molecule has 0 aromatic heterocycles. The van der Waals surface area contributed by atoms with E-state index in [9.17, 15) is 0 Å². The van der Waals surface area contributed by atoms with Crippen LogP contribution < -0.4 is 0 Å². The lowest BCUT2D eigenvalue weighted by Crippen LogP contribution is -2.22. The summed E-state index contributed by atoms with van der Waals surface area (Å²) < 4.78 is -0.789. The minimum absolute atomic E-state index is 0.136. The van der Waals surface area contributed by atoms with Crippen molar-refractivity contribution >= 4 is 98.5 Å². The highest BCUT2D eigenvalue weighted by Crippen LogP contribution is 2.42. The van der Waals surface area contributed by atoms with Gasteiger partial charge in [0.25, 0.3) is 0 Å². The van der Waals surface area contributed by atoms with Crippen molar-refractivity contribution in [3.63, 3.8) is 0 Å². The fraction of sp³-hybridized carbons (Fsp3) is 0. The third-order valence-electron chi connectivity index (χ3n) is 0.883. The molecule has 0 saturated heterocycles. The maximum atomic E-state index is 5.81. The average molecular weight is 360 g/mol. The molecule has 0 aliphatic carbocycles. The smallest absolute Gasteiger partial charge is 0.132 e. The molecule has 0 bridgehead atoms. The first-order valence-electron chi connectivity index (χ1n) is 2.51. The summed E-state index contributed by atoms with van der Waals surface area (Å²) >= 11 is 44.4. The van der Waals surface area contributed by atoms with Gasteiger partial charge < -0.3 is 0 Å². The van der Waals surface area contributed by atoms with Crippen molar-refractivity contribution in [2.75, 3.05) is 0 Å². The van der Waals surface area contributed by atoms with E-state index in [4.69, 9.17) is 91.8 Å². The zero-order valence-corrected chi connectivity index (χ0v) is 12.6. The summed E-state index contributed by atoms with van der Waals surface area (Å²) in [4.78, 5) is 0. The Morgan fingerprint density at radius 2 is 0.846 bits per heavy atom. The molecule has 0 saturated carbocycles. The molecule has 0 radical (unpaired) electrons. The van der Waals surface area contributed by atoms with Gasteiger partial charge >= 0.3 is 6.69 Å². The van der Waals surface area contributed by atoms with Crippen LogP contribution in [0.2, 0.25) is 0 Å². The van der Waals surface area contributed by atoms with E-state index in [0.717, 1.165) is 0 Å². The molecule has 13 heavy (non-hydrogen) atoms. The van der Waals surface area contributed by atoms with E-state index in [1.165, 1.54) is 0 Å². The van der Waals surface area contributed by atoms with Gasteiger partial charge in [-0.05, 0) is 0 Å². The average Bonchev–Trinajstić information content (AvgIpc) is 2.01. The van der Waals surface area contributed by atoms with Gasteiger partial charge in [0.15, 0.2) is 0 Å². The summed E-state index contributed by atoms with van der Waals surface area (Å²) in [6.07, 6.45) is 0. The van der Waals surface area contributed by atoms with Gasteiger partial charge in [0.05, 0.1) is 9.31 Å². The van der Waals surface area contributed by atoms with Crippen molar-refractivity contribution in [1.82, 2.24) is 0 Å². The van der Waals surface area contributed by atoms with E-state index in [1.807, 2.05) is 0 Å². The molecule has 0 aliphatic rings. The van der Waals surface area contributed by atoms with Crippen molar-refractivity contribution in [3.8, 4) is 0 Å². The fourth-order valence-electron chi connectivity index (χ4n) is 0.334. The first-order chi connectivity index (χ1) is 5.71. The van der Waals surface area contributed by atoms with Crippen molar-refractivity contribution in [2.45, 2.75) is 0 Å². The highest BCUT2D eigenvalue weighted by Gasteiger charge is 2.40. The van der Waals surface area contributed by atoms with Crippen LogP contribution in [0, 0.1) is 0 Å². The van der Waals surface area contributed by atoms with Gasteiger partial charge in [0.2, 0.25) is 0 Å². The van der Waals surface area contributed by atoms with E-state index in [1.54, 1.807) is 0 Å². The van der Waals surface area contributed by atoms with Gasteiger partial charge in [-0.25, -0.2) is 0 Å². The van der Waals surface area contributed by atoms with Crippen molar-refractivity contribution in [3.05, 3.63) is 18.3 Å². The van der Waals surface area contributed by atoms with Crippen LogP contribution >= 0.6 is 91.8 Å². The monoisotopic (exact) mass is 356 g/mol. The SMILES string of the molecule is ClC(Cl)=C(Cl)[Si](Cl)(Cl)C(Cl)=C(Cl)Cl. The molecule has 0 rings (SSSR count). The Labute approximate surface area is 116 Å². The molecular formula is C4Cl8Si. The number of hydrogen-bond donors (Lipinski definition) is 0. The van der Waals surface area contributed by atoms with E-state index in [0.29, 0.717) is 0 Å². The standard InChI is InChI=1S/C4Cl8Si/c5-1(6)3(9)13(11,12)4(10)2(7)8. The lowest BCUT2D eigenvalue weighted by molar-refractivity contribution is 2.07. The molecule has 0 heterocycles. The van der Waals surface area contributed by atoms with E-state index >= 15 is 0 Å². The molecule has 0 spiro atoms. The summed E-state index contributed by atoms with van der Waals surface area (Å²) in [5.41, 5.74) is 0. The van der Waals surface area contributed by atoms with Crippen LogP contribution in [0.4, 0.5) is 0 Å². The Hall–Kier alpha value is 2.02. The van der Waals surface area contributed by atoms with Crippen LogP contribution in [0.15, 0.2) is 18.3 Å². The minimum atomic E-state index is -3.33. The maximum absolute atomic E-state index is 5.81. The highest BCUT2D eigenvalue weighted by atomic mass is 35.7. The second kappa shape index (κ2) is 5.93. The summed E-state index contributed by atoms with van der Waals surface area (Å²) in [5.74, 6) is 0. The molecule has 0 fully saturated rings. The van der Waals surface area contributed by atoms with Crippen LogP contribution in [0.3, 0.4) is 0 Å². The largest absolute Gasteiger partial charge is 0.337 e. The Morgan fingerprint density at radius 1 is 0.615 bits per heavy atom. The lowest BCUT2D eigenvalue weighted by Gasteiger charge is -2.14. The van der Waals surface area contributed by atoms with Crippen LogP contribution in [0.5, 0.6) is 0 Å². The predicted molar refractivity (Wildman–Crippen MR) is 66.6 cm³/mol. The van der Waals surface area contributed by atoms with Gasteiger partial charge in [-0.2, -0.15) is 0 Å². The maximum Gasteiger partial charge on any atom is 0.337 e. The lowest BCUT2D eigenvalue weighted by atomic mass is 11.2. The molecule has 0 atom stereocenters. The fourth-order valence-corrected chi connectivity index (χ4v) is 5.71. The molecule has 0 aromatic carbocycles. The van der Waals surface area contributed by atoms with Gasteiger partial charge in [0.1, 0.15) is 8.98 Å². The summed E-state index contributed by atoms with van der Waals surface area (Å²) in [6, 6.07) is 0. The molecule has 9 heteroatoms. The summed E-state index contributed by atoms with van der Waals surface area (Å²) in [5, 5.41) is 0. The zero-order chi connectivity index (χ0) is 10.8. The Kier molecular flexibility index (Phi) is 6.85. The normalized spacial score (nSPS) is 11.1. The Balaban J connectivity index is 5.23. The number of halogens is 8. The molecule has 0 amide bonds. The quantitative estimate of drug-likeness (QED) is 0.434. The first kappa shape index (κ1) is 15.0. The summed E-state index contributed by atoms with van der Waals surface area (Å²) in [6.45, 7) is -3.33. The van der Waals surface area contributed by atoms with Crippen LogP contribution in [-0.2, 0) is 0 Å². The zero-order valence-electron chi connectivity index (χ0n) is 5.52. The van der Waals surface area contributed by atoms with Crippen LogP contribution in [0.1, 0.15) is 0 Å². The van der Waals surface area contributed by atoms with Gasteiger partial charge in [0, 0.05) is 0 Å². The van der Waals surface area contributed by atoms with Crippen LogP contribution in [0.25, 0.3) is 0 Å². The predicted octanol–water partition coefficient (Wildman–Crippen LogP) is 5.76. The second-order valence-electron chi connectivity index (χ2n) is 1.72. The van der Waals surface area contributed by atoms with Crippen molar-refractivity contribution in [1.29, 1.82) is 0 Å². The molecule has 0 unspecified atom stereocenters. The highest BCUT2D eigenvalue weighted by molar-refractivity contribution is 7.55.